The van der Waals surface area contributed by atoms with E-state index in [9.17, 15) is 14.4 Å². The molecule has 0 bridgehead atoms. The zero-order valence-corrected chi connectivity index (χ0v) is 14.0. The average Bonchev–Trinajstić information content (AvgIpc) is 3.11. The molecule has 23 heavy (non-hydrogen) atoms. The molecule has 1 aromatic carbocycles. The minimum absolute atomic E-state index is 0.0871. The van der Waals surface area contributed by atoms with Gasteiger partial charge in [0.05, 0.1) is 0 Å². The molecule has 1 unspecified atom stereocenters. The van der Waals surface area contributed by atoms with Crippen LogP contribution in [0.3, 0.4) is 0 Å². The van der Waals surface area contributed by atoms with Gasteiger partial charge in [0, 0.05) is 50.0 Å². The zero-order valence-electron chi connectivity index (χ0n) is 13.2. The van der Waals surface area contributed by atoms with Crippen LogP contribution in [0.2, 0.25) is 0 Å². The Hall–Kier alpha value is -1.82. The molecule has 2 aliphatic rings. The molecule has 2 saturated heterocycles. The van der Waals surface area contributed by atoms with E-state index in [1.165, 1.54) is 11.8 Å². The fraction of sp³-hybridized carbons (Fsp3) is 0.471. The number of rotatable bonds is 4. The summed E-state index contributed by atoms with van der Waals surface area (Å²) in [5.41, 5.74) is 1.70. The summed E-state index contributed by atoms with van der Waals surface area (Å²) in [5.74, 6) is 1.12. The summed E-state index contributed by atoms with van der Waals surface area (Å²) in [4.78, 5) is 38.8. The third kappa shape index (κ3) is 3.58. The fourth-order valence-electron chi connectivity index (χ4n) is 3.13. The van der Waals surface area contributed by atoms with Gasteiger partial charge in [0.15, 0.2) is 5.12 Å². The first-order valence-corrected chi connectivity index (χ1v) is 8.87. The predicted octanol–water partition coefficient (Wildman–Crippen LogP) is 2.45. The summed E-state index contributed by atoms with van der Waals surface area (Å²) in [6.45, 7) is 2.93. The highest BCUT2D eigenvalue weighted by Crippen LogP contribution is 2.31. The van der Waals surface area contributed by atoms with Crippen molar-refractivity contribution in [1.82, 2.24) is 0 Å². The second-order valence-corrected chi connectivity index (χ2v) is 7.24. The van der Waals surface area contributed by atoms with Gasteiger partial charge in [-0.1, -0.05) is 17.8 Å². The molecular weight excluding hydrogens is 312 g/mol. The molecule has 0 spiro atoms. The van der Waals surface area contributed by atoms with Crippen LogP contribution in [0, 0.1) is 5.92 Å². The molecule has 0 radical (unpaired) electrons. The summed E-state index contributed by atoms with van der Waals surface area (Å²) >= 11 is 1.28. The van der Waals surface area contributed by atoms with E-state index in [0.29, 0.717) is 25.1 Å². The van der Waals surface area contributed by atoms with Gasteiger partial charge in [-0.3, -0.25) is 14.4 Å². The van der Waals surface area contributed by atoms with Crippen molar-refractivity contribution >= 4 is 40.1 Å². The normalized spacial score (nSPS) is 21.3. The molecule has 0 saturated carbocycles. The van der Waals surface area contributed by atoms with E-state index in [4.69, 9.17) is 0 Å². The highest BCUT2D eigenvalue weighted by molar-refractivity contribution is 8.13. The van der Waals surface area contributed by atoms with Crippen LogP contribution in [0.4, 0.5) is 11.4 Å². The van der Waals surface area contributed by atoms with Gasteiger partial charge >= 0.3 is 0 Å². The lowest BCUT2D eigenvalue weighted by atomic mass is 10.1. The largest absolute Gasteiger partial charge is 0.312 e. The van der Waals surface area contributed by atoms with Crippen molar-refractivity contribution in [3.8, 4) is 0 Å². The van der Waals surface area contributed by atoms with Crippen molar-refractivity contribution in [3.63, 3.8) is 0 Å². The Morgan fingerprint density at radius 2 is 1.96 bits per heavy atom. The van der Waals surface area contributed by atoms with E-state index < -0.39 is 0 Å². The molecule has 0 N–H and O–H groups in total. The number of benzene rings is 1. The predicted molar refractivity (Wildman–Crippen MR) is 91.6 cm³/mol. The molecule has 0 aromatic heterocycles. The Kier molecular flexibility index (Phi) is 4.71. The molecule has 2 amide bonds. The first-order valence-electron chi connectivity index (χ1n) is 7.89. The zero-order chi connectivity index (χ0) is 16.4. The molecule has 5 nitrogen and oxygen atoms in total. The Bertz CT molecular complexity index is 646. The molecule has 2 aliphatic heterocycles. The average molecular weight is 332 g/mol. The number of anilines is 2. The molecule has 3 rings (SSSR count). The van der Waals surface area contributed by atoms with Crippen LogP contribution in [-0.2, 0) is 14.4 Å². The maximum absolute atomic E-state index is 12.3. The van der Waals surface area contributed by atoms with E-state index in [1.807, 2.05) is 24.3 Å². The minimum atomic E-state index is 0.0871. The van der Waals surface area contributed by atoms with Crippen molar-refractivity contribution < 1.29 is 14.4 Å². The quantitative estimate of drug-likeness (QED) is 0.850. The van der Waals surface area contributed by atoms with Crippen molar-refractivity contribution in [3.05, 3.63) is 24.3 Å². The van der Waals surface area contributed by atoms with Crippen molar-refractivity contribution in [2.75, 3.05) is 28.6 Å². The minimum Gasteiger partial charge on any atom is -0.312 e. The van der Waals surface area contributed by atoms with Crippen LogP contribution < -0.4 is 9.80 Å². The first kappa shape index (κ1) is 16.1. The number of carbonyl (C=O) groups is 3. The smallest absolute Gasteiger partial charge is 0.227 e. The molecule has 122 valence electrons. The Morgan fingerprint density at radius 1 is 1.22 bits per heavy atom. The first-order chi connectivity index (χ1) is 11.0. The molecule has 2 fully saturated rings. The number of thioether (sulfide) groups is 1. The summed E-state index contributed by atoms with van der Waals surface area (Å²) in [6.07, 6.45) is 1.96. The van der Waals surface area contributed by atoms with Gasteiger partial charge in [0.25, 0.3) is 0 Å². The number of amides is 2. The second kappa shape index (κ2) is 6.74. The topological polar surface area (TPSA) is 57.7 Å². The van der Waals surface area contributed by atoms with Gasteiger partial charge in [-0.15, -0.1) is 0 Å². The van der Waals surface area contributed by atoms with Crippen molar-refractivity contribution in [1.29, 1.82) is 0 Å². The van der Waals surface area contributed by atoms with Gasteiger partial charge < -0.3 is 9.80 Å². The molecule has 2 heterocycles. The van der Waals surface area contributed by atoms with Gasteiger partial charge in [-0.25, -0.2) is 0 Å². The summed E-state index contributed by atoms with van der Waals surface area (Å²) < 4.78 is 0. The van der Waals surface area contributed by atoms with Gasteiger partial charge in [0.1, 0.15) is 0 Å². The standard InChI is InChI=1S/C17H20N2O3S/c1-12(20)23-11-13-8-17(22)19(10-13)15-5-2-4-14(9-15)18-7-3-6-16(18)21/h2,4-5,9,13H,3,6-8,10-11H2,1H3. The summed E-state index contributed by atoms with van der Waals surface area (Å²) in [6, 6.07) is 7.63. The van der Waals surface area contributed by atoms with Crippen molar-refractivity contribution in [2.24, 2.45) is 5.92 Å². The van der Waals surface area contributed by atoms with Gasteiger partial charge in [0.2, 0.25) is 11.8 Å². The van der Waals surface area contributed by atoms with Crippen LogP contribution in [0.5, 0.6) is 0 Å². The number of hydrogen-bond acceptors (Lipinski definition) is 4. The summed E-state index contributed by atoms with van der Waals surface area (Å²) in [7, 11) is 0. The molecule has 0 aliphatic carbocycles. The fourth-order valence-corrected chi connectivity index (χ4v) is 3.82. The lowest BCUT2D eigenvalue weighted by Gasteiger charge is -2.21. The monoisotopic (exact) mass is 332 g/mol. The third-order valence-electron chi connectivity index (χ3n) is 4.25. The maximum Gasteiger partial charge on any atom is 0.227 e. The van der Waals surface area contributed by atoms with Gasteiger partial charge in [-0.2, -0.15) is 0 Å². The molecule has 1 atom stereocenters. The lowest BCUT2D eigenvalue weighted by molar-refractivity contribution is -0.117. The van der Waals surface area contributed by atoms with Crippen LogP contribution >= 0.6 is 11.8 Å². The number of hydrogen-bond donors (Lipinski definition) is 0. The third-order valence-corrected chi connectivity index (χ3v) is 5.30. The number of nitrogens with zero attached hydrogens (tertiary/aromatic N) is 2. The van der Waals surface area contributed by atoms with Crippen molar-refractivity contribution in [2.45, 2.75) is 26.2 Å². The van der Waals surface area contributed by atoms with E-state index in [-0.39, 0.29) is 22.8 Å². The van der Waals surface area contributed by atoms with E-state index >= 15 is 0 Å². The Morgan fingerprint density at radius 3 is 2.61 bits per heavy atom. The van der Waals surface area contributed by atoms with E-state index in [0.717, 1.165) is 24.3 Å². The Balaban J connectivity index is 1.73. The SMILES string of the molecule is CC(=O)SCC1CC(=O)N(c2cccc(N3CCCC3=O)c2)C1. The van der Waals surface area contributed by atoms with Gasteiger partial charge in [-0.05, 0) is 30.5 Å². The highest BCUT2D eigenvalue weighted by Gasteiger charge is 2.31. The summed E-state index contributed by atoms with van der Waals surface area (Å²) in [5, 5.41) is 0.0884. The maximum atomic E-state index is 12.3. The molecule has 6 heteroatoms. The lowest BCUT2D eigenvalue weighted by Crippen LogP contribution is -2.26. The highest BCUT2D eigenvalue weighted by atomic mass is 32.2. The van der Waals surface area contributed by atoms with Crippen LogP contribution in [0.1, 0.15) is 26.2 Å². The second-order valence-electron chi connectivity index (χ2n) is 6.05. The van der Waals surface area contributed by atoms with E-state index in [2.05, 4.69) is 0 Å². The number of carbonyl (C=O) groups excluding carboxylic acids is 3. The van der Waals surface area contributed by atoms with Crippen LogP contribution in [0.25, 0.3) is 0 Å². The Labute approximate surface area is 140 Å². The van der Waals surface area contributed by atoms with Crippen LogP contribution in [0.15, 0.2) is 24.3 Å². The van der Waals surface area contributed by atoms with Crippen LogP contribution in [-0.4, -0.2) is 35.8 Å². The van der Waals surface area contributed by atoms with E-state index in [1.54, 1.807) is 16.7 Å². The molecular formula is C17H20N2O3S. The molecule has 1 aromatic rings.